The summed E-state index contributed by atoms with van der Waals surface area (Å²) >= 11 is 0. The summed E-state index contributed by atoms with van der Waals surface area (Å²) in [5.74, 6) is -0.157. The first-order valence-corrected chi connectivity index (χ1v) is 8.02. The molecule has 0 saturated carbocycles. The number of methoxy groups -OCH3 is 2. The largest absolute Gasteiger partial charge is 0.469 e. The van der Waals surface area contributed by atoms with Gasteiger partial charge in [0.25, 0.3) is 5.91 Å². The molecule has 1 aromatic carbocycles. The Morgan fingerprint density at radius 1 is 1.21 bits per heavy atom. The fourth-order valence-electron chi connectivity index (χ4n) is 3.19. The van der Waals surface area contributed by atoms with E-state index in [0.29, 0.717) is 43.9 Å². The molecule has 24 heavy (non-hydrogen) atoms. The number of para-hydroxylation sites is 1. The number of esters is 1. The van der Waals surface area contributed by atoms with Gasteiger partial charge in [-0.2, -0.15) is 0 Å². The molecule has 128 valence electrons. The Kier molecular flexibility index (Phi) is 4.85. The highest BCUT2D eigenvalue weighted by molar-refractivity contribution is 5.99. The minimum absolute atomic E-state index is 0.131. The van der Waals surface area contributed by atoms with Crippen LogP contribution in [-0.4, -0.2) is 44.1 Å². The van der Waals surface area contributed by atoms with Gasteiger partial charge in [0.1, 0.15) is 5.58 Å². The maximum absolute atomic E-state index is 12.9. The van der Waals surface area contributed by atoms with Gasteiger partial charge >= 0.3 is 5.97 Å². The Balaban J connectivity index is 1.82. The lowest BCUT2D eigenvalue weighted by Crippen LogP contribution is -2.40. The van der Waals surface area contributed by atoms with Crippen molar-refractivity contribution in [2.75, 3.05) is 27.3 Å². The number of hydrogen-bond acceptors (Lipinski definition) is 5. The first-order valence-electron chi connectivity index (χ1n) is 8.02. The number of fused-ring (bicyclic) bond motifs is 1. The number of furan rings is 1. The molecule has 6 heteroatoms. The number of carbonyl (C=O) groups excluding carboxylic acids is 2. The highest BCUT2D eigenvalue weighted by Crippen LogP contribution is 2.29. The van der Waals surface area contributed by atoms with Gasteiger partial charge in [0, 0.05) is 31.1 Å². The predicted octanol–water partition coefficient (Wildman–Crippen LogP) is 2.60. The average molecular weight is 331 g/mol. The van der Waals surface area contributed by atoms with Crippen molar-refractivity contribution in [3.8, 4) is 0 Å². The Hall–Kier alpha value is -2.34. The van der Waals surface area contributed by atoms with Crippen molar-refractivity contribution in [1.29, 1.82) is 0 Å². The number of likely N-dealkylation sites (tertiary alicyclic amines) is 1. The molecule has 0 N–H and O–H groups in total. The maximum atomic E-state index is 12.9. The van der Waals surface area contributed by atoms with E-state index in [1.165, 1.54) is 7.11 Å². The molecule has 1 saturated heterocycles. The van der Waals surface area contributed by atoms with Crippen molar-refractivity contribution in [3.05, 3.63) is 35.6 Å². The molecule has 1 aromatic heterocycles. The van der Waals surface area contributed by atoms with Gasteiger partial charge in [0.05, 0.1) is 19.6 Å². The van der Waals surface area contributed by atoms with Crippen LogP contribution in [0.1, 0.15) is 29.0 Å². The molecule has 0 unspecified atom stereocenters. The molecule has 6 nitrogen and oxygen atoms in total. The number of amides is 1. The fourth-order valence-corrected chi connectivity index (χ4v) is 3.19. The van der Waals surface area contributed by atoms with Crippen LogP contribution in [0.15, 0.2) is 28.7 Å². The summed E-state index contributed by atoms with van der Waals surface area (Å²) < 4.78 is 15.8. The van der Waals surface area contributed by atoms with E-state index < -0.39 is 0 Å². The van der Waals surface area contributed by atoms with Crippen LogP contribution in [0.5, 0.6) is 0 Å². The van der Waals surface area contributed by atoms with Crippen LogP contribution in [-0.2, 0) is 20.9 Å². The number of carbonyl (C=O) groups is 2. The molecule has 0 aliphatic carbocycles. The highest BCUT2D eigenvalue weighted by atomic mass is 16.5. The summed E-state index contributed by atoms with van der Waals surface area (Å²) in [5, 5.41) is 0.896. The fraction of sp³-hybridized carbons (Fsp3) is 0.444. The topological polar surface area (TPSA) is 69.0 Å². The second-order valence-corrected chi connectivity index (χ2v) is 5.93. The Morgan fingerprint density at radius 3 is 2.58 bits per heavy atom. The van der Waals surface area contributed by atoms with Crippen molar-refractivity contribution in [2.24, 2.45) is 5.92 Å². The molecule has 0 radical (unpaired) electrons. The van der Waals surface area contributed by atoms with Crippen LogP contribution >= 0.6 is 0 Å². The lowest BCUT2D eigenvalue weighted by atomic mass is 9.96. The van der Waals surface area contributed by atoms with Gasteiger partial charge < -0.3 is 18.8 Å². The molecule has 0 atom stereocenters. The van der Waals surface area contributed by atoms with Gasteiger partial charge in [-0.1, -0.05) is 18.2 Å². The first kappa shape index (κ1) is 16.5. The number of rotatable bonds is 4. The molecule has 3 rings (SSSR count). The van der Waals surface area contributed by atoms with Crippen LogP contribution in [0.4, 0.5) is 0 Å². The second kappa shape index (κ2) is 7.05. The second-order valence-electron chi connectivity index (χ2n) is 5.93. The summed E-state index contributed by atoms with van der Waals surface area (Å²) in [7, 11) is 2.99. The third-order valence-corrected chi connectivity index (χ3v) is 4.50. The number of piperidine rings is 1. The SMILES string of the molecule is COCc1c(C(=O)N2CCC(C(=O)OC)CC2)oc2ccccc12. The van der Waals surface area contributed by atoms with Crippen molar-refractivity contribution in [2.45, 2.75) is 19.4 Å². The molecule has 1 aliphatic rings. The van der Waals surface area contributed by atoms with Crippen molar-refractivity contribution >= 4 is 22.8 Å². The smallest absolute Gasteiger partial charge is 0.308 e. The lowest BCUT2D eigenvalue weighted by Gasteiger charge is -2.30. The zero-order valence-electron chi connectivity index (χ0n) is 13.9. The number of hydrogen-bond donors (Lipinski definition) is 0. The van der Waals surface area contributed by atoms with Crippen molar-refractivity contribution < 1.29 is 23.5 Å². The van der Waals surface area contributed by atoms with E-state index in [1.807, 2.05) is 24.3 Å². The van der Waals surface area contributed by atoms with Crippen molar-refractivity contribution in [1.82, 2.24) is 4.90 Å². The molecule has 1 aliphatic heterocycles. The number of benzene rings is 1. The molecule has 0 bridgehead atoms. The molecular formula is C18H21NO5. The van der Waals surface area contributed by atoms with Crippen LogP contribution in [0, 0.1) is 5.92 Å². The third kappa shape index (κ3) is 3.01. The molecule has 2 aromatic rings. The molecule has 1 amide bonds. The minimum Gasteiger partial charge on any atom is -0.469 e. The molecule has 1 fully saturated rings. The van der Waals surface area contributed by atoms with E-state index in [9.17, 15) is 9.59 Å². The normalized spacial score (nSPS) is 15.7. The summed E-state index contributed by atoms with van der Waals surface area (Å²) in [5.41, 5.74) is 1.45. The first-order chi connectivity index (χ1) is 11.7. The minimum atomic E-state index is -0.203. The molecule has 2 heterocycles. The van der Waals surface area contributed by atoms with Crippen LogP contribution < -0.4 is 0 Å². The highest BCUT2D eigenvalue weighted by Gasteiger charge is 2.31. The van der Waals surface area contributed by atoms with E-state index in [0.717, 1.165) is 10.9 Å². The monoisotopic (exact) mass is 331 g/mol. The van der Waals surface area contributed by atoms with Gasteiger partial charge in [0.2, 0.25) is 0 Å². The van der Waals surface area contributed by atoms with Gasteiger partial charge in [-0.3, -0.25) is 9.59 Å². The summed E-state index contributed by atoms with van der Waals surface area (Å²) in [4.78, 5) is 26.2. The average Bonchev–Trinajstić information content (AvgIpc) is 2.99. The molecular weight excluding hydrogens is 310 g/mol. The Labute approximate surface area is 140 Å². The van der Waals surface area contributed by atoms with Gasteiger partial charge in [-0.15, -0.1) is 0 Å². The quantitative estimate of drug-likeness (QED) is 0.806. The standard InChI is InChI=1S/C18H21NO5/c1-22-11-14-13-5-3-4-6-15(13)24-16(14)17(20)19-9-7-12(8-10-19)18(21)23-2/h3-6,12H,7-11H2,1-2H3. The van der Waals surface area contributed by atoms with E-state index in [-0.39, 0.29) is 17.8 Å². The van der Waals surface area contributed by atoms with Gasteiger partial charge in [-0.25, -0.2) is 0 Å². The zero-order chi connectivity index (χ0) is 17.1. The molecule has 0 spiro atoms. The van der Waals surface area contributed by atoms with E-state index in [2.05, 4.69) is 0 Å². The van der Waals surface area contributed by atoms with E-state index in [1.54, 1.807) is 12.0 Å². The Morgan fingerprint density at radius 2 is 1.92 bits per heavy atom. The third-order valence-electron chi connectivity index (χ3n) is 4.50. The maximum Gasteiger partial charge on any atom is 0.308 e. The van der Waals surface area contributed by atoms with E-state index in [4.69, 9.17) is 13.9 Å². The lowest BCUT2D eigenvalue weighted by molar-refractivity contribution is -0.146. The van der Waals surface area contributed by atoms with Gasteiger partial charge in [-0.05, 0) is 18.9 Å². The Bertz CT molecular complexity index is 743. The van der Waals surface area contributed by atoms with Crippen LogP contribution in [0.3, 0.4) is 0 Å². The van der Waals surface area contributed by atoms with E-state index >= 15 is 0 Å². The number of nitrogens with zero attached hydrogens (tertiary/aromatic N) is 1. The van der Waals surface area contributed by atoms with Crippen molar-refractivity contribution in [3.63, 3.8) is 0 Å². The summed E-state index contributed by atoms with van der Waals surface area (Å²) in [6, 6.07) is 7.55. The van der Waals surface area contributed by atoms with Crippen LogP contribution in [0.2, 0.25) is 0 Å². The van der Waals surface area contributed by atoms with Gasteiger partial charge in [0.15, 0.2) is 5.76 Å². The van der Waals surface area contributed by atoms with Crippen LogP contribution in [0.25, 0.3) is 11.0 Å². The number of ether oxygens (including phenoxy) is 2. The zero-order valence-corrected chi connectivity index (χ0v) is 13.9. The summed E-state index contributed by atoms with van der Waals surface area (Å²) in [6.07, 6.45) is 1.22. The summed E-state index contributed by atoms with van der Waals surface area (Å²) in [6.45, 7) is 1.35. The predicted molar refractivity (Wildman–Crippen MR) is 87.6 cm³/mol.